The van der Waals surface area contributed by atoms with Crippen LogP contribution in [0.4, 0.5) is 11.8 Å². The number of fused-ring (bicyclic) bond motifs is 1. The molecule has 0 unspecified atom stereocenters. The van der Waals surface area contributed by atoms with Crippen LogP contribution in [-0.2, 0) is 9.47 Å². The lowest BCUT2D eigenvalue weighted by Crippen LogP contribution is -2.46. The largest absolute Gasteiger partial charge is 0.377 e. The Morgan fingerprint density at radius 1 is 1.04 bits per heavy atom. The van der Waals surface area contributed by atoms with Gasteiger partial charge in [0.1, 0.15) is 5.52 Å². The van der Waals surface area contributed by atoms with E-state index in [1.54, 1.807) is 6.33 Å². The van der Waals surface area contributed by atoms with E-state index in [-0.39, 0.29) is 12.1 Å². The van der Waals surface area contributed by atoms with Gasteiger partial charge in [-0.05, 0) is 13.8 Å². The van der Waals surface area contributed by atoms with E-state index in [1.165, 1.54) is 0 Å². The van der Waals surface area contributed by atoms with Crippen molar-refractivity contribution in [3.63, 3.8) is 0 Å². The van der Waals surface area contributed by atoms with Crippen molar-refractivity contribution >= 4 is 22.9 Å². The number of nitrogens with zero attached hydrogens (tertiary/aromatic N) is 5. The molecule has 2 atom stereocenters. The van der Waals surface area contributed by atoms with Crippen LogP contribution in [0.3, 0.4) is 0 Å². The van der Waals surface area contributed by atoms with E-state index in [1.807, 2.05) is 0 Å². The van der Waals surface area contributed by atoms with Crippen molar-refractivity contribution in [2.24, 2.45) is 0 Å². The van der Waals surface area contributed by atoms with Gasteiger partial charge in [0, 0.05) is 13.1 Å². The normalized spacial score (nSPS) is 26.0. The summed E-state index contributed by atoms with van der Waals surface area (Å²) >= 11 is 0. The molecule has 1 N–H and O–H groups in total. The minimum Gasteiger partial charge on any atom is -0.377 e. The number of aromatic amines is 1. The smallest absolute Gasteiger partial charge is 0.229 e. The molecule has 4 heterocycles. The Balaban J connectivity index is 1.78. The molecule has 2 aromatic rings. The van der Waals surface area contributed by atoms with Crippen LogP contribution < -0.4 is 9.80 Å². The van der Waals surface area contributed by atoms with Crippen LogP contribution in [-0.4, -0.2) is 71.5 Å². The lowest BCUT2D eigenvalue weighted by molar-refractivity contribution is 0.0973. The number of hydrogen-bond donors (Lipinski definition) is 1. The van der Waals surface area contributed by atoms with E-state index < -0.39 is 0 Å². The summed E-state index contributed by atoms with van der Waals surface area (Å²) in [5.41, 5.74) is 1.60. The average Bonchev–Trinajstić information content (AvgIpc) is 3.03. The van der Waals surface area contributed by atoms with Gasteiger partial charge in [0.05, 0.1) is 44.8 Å². The van der Waals surface area contributed by atoms with Gasteiger partial charge in [0.15, 0.2) is 11.5 Å². The molecule has 2 aliphatic heterocycles. The molecular weight excluding hydrogens is 296 g/mol. The summed E-state index contributed by atoms with van der Waals surface area (Å²) in [6.07, 6.45) is 1.68. The molecule has 2 aromatic heterocycles. The van der Waals surface area contributed by atoms with Gasteiger partial charge in [-0.25, -0.2) is 4.98 Å². The van der Waals surface area contributed by atoms with Crippen LogP contribution in [0.2, 0.25) is 0 Å². The second-order valence-electron chi connectivity index (χ2n) is 6.18. The molecule has 2 fully saturated rings. The molecular formula is C15H22N6O2. The van der Waals surface area contributed by atoms with Gasteiger partial charge in [-0.15, -0.1) is 0 Å². The quantitative estimate of drug-likeness (QED) is 0.877. The standard InChI is InChI=1S/C15H22N6O2/c1-10-7-22-5-3-20(10)14-12-13(17-9-16-12)18-15(19-14)21-4-6-23-8-11(21)2/h9-11H,3-8H2,1-2H3,(H,16,17,18,19)/t10-,11-/m0/s1. The van der Waals surface area contributed by atoms with E-state index in [9.17, 15) is 0 Å². The zero-order chi connectivity index (χ0) is 15.8. The fraction of sp³-hybridized carbons (Fsp3) is 0.667. The Kier molecular flexibility index (Phi) is 3.78. The highest BCUT2D eigenvalue weighted by atomic mass is 16.5. The Morgan fingerprint density at radius 3 is 2.43 bits per heavy atom. The van der Waals surface area contributed by atoms with Crippen LogP contribution in [0, 0.1) is 0 Å². The topological polar surface area (TPSA) is 79.4 Å². The number of hydrogen-bond acceptors (Lipinski definition) is 7. The number of nitrogens with one attached hydrogen (secondary N) is 1. The number of imidazole rings is 1. The number of ether oxygens (including phenoxy) is 2. The highest BCUT2D eigenvalue weighted by molar-refractivity contribution is 5.84. The van der Waals surface area contributed by atoms with Crippen molar-refractivity contribution < 1.29 is 9.47 Å². The molecule has 0 aromatic carbocycles. The van der Waals surface area contributed by atoms with Crippen LogP contribution in [0.15, 0.2) is 6.33 Å². The molecule has 0 bridgehead atoms. The van der Waals surface area contributed by atoms with E-state index in [2.05, 4.69) is 38.6 Å². The Bertz CT molecular complexity index is 690. The first kappa shape index (κ1) is 14.6. The summed E-state index contributed by atoms with van der Waals surface area (Å²) in [6.45, 7) is 8.74. The van der Waals surface area contributed by atoms with Gasteiger partial charge in [-0.3, -0.25) is 0 Å². The molecule has 2 saturated heterocycles. The SMILES string of the molecule is C[C@H]1COCCN1c1nc(N2CCOC[C@@H]2C)c2[nH]cnc2n1. The lowest BCUT2D eigenvalue weighted by Gasteiger charge is -2.36. The molecule has 0 aliphatic carbocycles. The maximum Gasteiger partial charge on any atom is 0.229 e. The van der Waals surface area contributed by atoms with Crippen molar-refractivity contribution in [2.45, 2.75) is 25.9 Å². The zero-order valence-corrected chi connectivity index (χ0v) is 13.5. The van der Waals surface area contributed by atoms with Gasteiger partial charge in [0.2, 0.25) is 5.95 Å². The fourth-order valence-corrected chi connectivity index (χ4v) is 3.21. The predicted molar refractivity (Wildman–Crippen MR) is 86.9 cm³/mol. The van der Waals surface area contributed by atoms with E-state index in [4.69, 9.17) is 14.5 Å². The van der Waals surface area contributed by atoms with Gasteiger partial charge in [-0.2, -0.15) is 9.97 Å². The van der Waals surface area contributed by atoms with E-state index >= 15 is 0 Å². The summed E-state index contributed by atoms with van der Waals surface area (Å²) in [6, 6.07) is 0.537. The third kappa shape index (κ3) is 2.61. The summed E-state index contributed by atoms with van der Waals surface area (Å²) in [4.78, 5) is 21.6. The Morgan fingerprint density at radius 2 is 1.74 bits per heavy atom. The minimum atomic E-state index is 0.259. The predicted octanol–water partition coefficient (Wildman–Crippen LogP) is 0.803. The zero-order valence-electron chi connectivity index (χ0n) is 13.5. The molecule has 0 amide bonds. The number of H-pyrrole nitrogens is 1. The number of morpholine rings is 2. The number of rotatable bonds is 2. The maximum absolute atomic E-state index is 5.55. The molecule has 23 heavy (non-hydrogen) atoms. The average molecular weight is 318 g/mol. The van der Waals surface area contributed by atoms with Gasteiger partial charge >= 0.3 is 0 Å². The first-order valence-electron chi connectivity index (χ1n) is 8.14. The van der Waals surface area contributed by atoms with Crippen molar-refractivity contribution in [1.29, 1.82) is 0 Å². The van der Waals surface area contributed by atoms with E-state index in [0.717, 1.165) is 30.4 Å². The first-order chi connectivity index (χ1) is 11.2. The molecule has 2 aliphatic rings. The van der Waals surface area contributed by atoms with Crippen LogP contribution >= 0.6 is 0 Å². The summed E-state index contributed by atoms with van der Waals surface area (Å²) in [7, 11) is 0. The second kappa shape index (κ2) is 5.93. The Labute approximate surface area is 134 Å². The molecule has 0 spiro atoms. The number of anilines is 2. The molecule has 8 heteroatoms. The minimum absolute atomic E-state index is 0.259. The molecule has 0 saturated carbocycles. The van der Waals surface area contributed by atoms with Crippen molar-refractivity contribution in [1.82, 2.24) is 19.9 Å². The lowest BCUT2D eigenvalue weighted by atomic mass is 10.2. The third-order valence-electron chi connectivity index (χ3n) is 4.52. The molecule has 0 radical (unpaired) electrons. The molecule has 124 valence electrons. The van der Waals surface area contributed by atoms with Gasteiger partial charge in [0.25, 0.3) is 0 Å². The van der Waals surface area contributed by atoms with Gasteiger partial charge < -0.3 is 24.3 Å². The van der Waals surface area contributed by atoms with Crippen molar-refractivity contribution in [2.75, 3.05) is 49.3 Å². The molecule has 8 nitrogen and oxygen atoms in total. The van der Waals surface area contributed by atoms with Crippen LogP contribution in [0.25, 0.3) is 11.2 Å². The van der Waals surface area contributed by atoms with Crippen LogP contribution in [0.5, 0.6) is 0 Å². The maximum atomic E-state index is 5.55. The van der Waals surface area contributed by atoms with Crippen LogP contribution in [0.1, 0.15) is 13.8 Å². The first-order valence-corrected chi connectivity index (χ1v) is 8.14. The highest BCUT2D eigenvalue weighted by Gasteiger charge is 2.27. The fourth-order valence-electron chi connectivity index (χ4n) is 3.21. The van der Waals surface area contributed by atoms with Gasteiger partial charge in [-0.1, -0.05) is 0 Å². The second-order valence-corrected chi connectivity index (χ2v) is 6.18. The monoisotopic (exact) mass is 318 g/mol. The molecule has 4 rings (SSSR count). The van der Waals surface area contributed by atoms with Crippen molar-refractivity contribution in [3.05, 3.63) is 6.33 Å². The summed E-state index contributed by atoms with van der Waals surface area (Å²) in [5.74, 6) is 1.64. The van der Waals surface area contributed by atoms with E-state index in [0.29, 0.717) is 32.1 Å². The highest BCUT2D eigenvalue weighted by Crippen LogP contribution is 2.28. The summed E-state index contributed by atoms with van der Waals surface area (Å²) in [5, 5.41) is 0. The Hall–Kier alpha value is -1.93. The number of aromatic nitrogens is 4. The third-order valence-corrected chi connectivity index (χ3v) is 4.52. The summed E-state index contributed by atoms with van der Waals surface area (Å²) < 4.78 is 11.1. The van der Waals surface area contributed by atoms with Crippen molar-refractivity contribution in [3.8, 4) is 0 Å².